The van der Waals surface area contributed by atoms with Crippen LogP contribution >= 0.6 is 0 Å². The Morgan fingerprint density at radius 3 is 1.43 bits per heavy atom. The highest BCUT2D eigenvalue weighted by atomic mass is 15.0. The molecule has 11 aromatic rings. The standard InChI is InChI=1S/C55H35N3/c1-2-13-36(14-3-1)46-20-10-11-23-50(46)55-57-53(41-29-25-39(26-30-41)45-24-12-18-37-15-4-7-19-44(37)45)56-54(58-55)42-31-27-40(28-32-42)52-48-22-9-6-17-43(48)35-51-47-21-8-5-16-38(47)33-34-49(51)52/h1-35H. The summed E-state index contributed by atoms with van der Waals surface area (Å²) in [7, 11) is 0. The van der Waals surface area contributed by atoms with Crippen molar-refractivity contribution in [1.29, 1.82) is 0 Å². The monoisotopic (exact) mass is 737 g/mol. The quantitative estimate of drug-likeness (QED) is 0.126. The van der Waals surface area contributed by atoms with Gasteiger partial charge in [-0.2, -0.15) is 0 Å². The summed E-state index contributed by atoms with van der Waals surface area (Å²) in [5.41, 5.74) is 9.71. The van der Waals surface area contributed by atoms with E-state index in [4.69, 9.17) is 15.0 Å². The summed E-state index contributed by atoms with van der Waals surface area (Å²) in [6, 6.07) is 75.3. The van der Waals surface area contributed by atoms with Crippen molar-refractivity contribution in [3.8, 4) is 67.5 Å². The molecule has 0 spiro atoms. The van der Waals surface area contributed by atoms with Crippen LogP contribution in [0.5, 0.6) is 0 Å². The largest absolute Gasteiger partial charge is 0.208 e. The molecule has 1 heterocycles. The predicted molar refractivity (Wildman–Crippen MR) is 242 cm³/mol. The third kappa shape index (κ3) is 5.89. The fourth-order valence-corrected chi connectivity index (χ4v) is 8.50. The molecule has 0 aliphatic rings. The highest BCUT2D eigenvalue weighted by molar-refractivity contribution is 6.20. The molecule has 0 radical (unpaired) electrons. The summed E-state index contributed by atoms with van der Waals surface area (Å²) < 4.78 is 0. The van der Waals surface area contributed by atoms with Crippen LogP contribution in [0.25, 0.3) is 111 Å². The van der Waals surface area contributed by atoms with Crippen LogP contribution in [0.1, 0.15) is 0 Å². The maximum Gasteiger partial charge on any atom is 0.164 e. The molecule has 0 bridgehead atoms. The molecule has 0 N–H and O–H groups in total. The van der Waals surface area contributed by atoms with Gasteiger partial charge in [0.25, 0.3) is 0 Å². The zero-order valence-corrected chi connectivity index (χ0v) is 31.5. The molecule has 11 rings (SSSR count). The van der Waals surface area contributed by atoms with Crippen molar-refractivity contribution >= 4 is 43.1 Å². The molecule has 10 aromatic carbocycles. The average Bonchev–Trinajstić information content (AvgIpc) is 3.31. The molecule has 0 atom stereocenters. The van der Waals surface area contributed by atoms with Crippen molar-refractivity contribution < 1.29 is 0 Å². The molecular weight excluding hydrogens is 703 g/mol. The lowest BCUT2D eigenvalue weighted by molar-refractivity contribution is 1.07. The SMILES string of the molecule is c1ccc(-c2ccccc2-c2nc(-c3ccc(-c4cccc5ccccc45)cc3)nc(-c3ccc(-c4c5ccccc5cc5c4ccc4ccccc45)cc3)n2)cc1. The van der Waals surface area contributed by atoms with Crippen molar-refractivity contribution in [1.82, 2.24) is 15.0 Å². The number of aromatic nitrogens is 3. The third-order valence-electron chi connectivity index (χ3n) is 11.3. The summed E-state index contributed by atoms with van der Waals surface area (Å²) in [5, 5.41) is 9.90. The molecule has 0 saturated carbocycles. The van der Waals surface area contributed by atoms with Crippen LogP contribution in [0.15, 0.2) is 212 Å². The second kappa shape index (κ2) is 14.1. The highest BCUT2D eigenvalue weighted by Gasteiger charge is 2.17. The van der Waals surface area contributed by atoms with Crippen molar-refractivity contribution in [2.75, 3.05) is 0 Å². The van der Waals surface area contributed by atoms with Gasteiger partial charge < -0.3 is 0 Å². The number of hydrogen-bond donors (Lipinski definition) is 0. The minimum absolute atomic E-state index is 0.626. The normalized spacial score (nSPS) is 11.4. The first-order chi connectivity index (χ1) is 28.7. The van der Waals surface area contributed by atoms with Crippen LogP contribution in [-0.4, -0.2) is 15.0 Å². The number of benzene rings is 10. The maximum atomic E-state index is 5.20. The Bertz CT molecular complexity index is 3310. The van der Waals surface area contributed by atoms with E-state index >= 15 is 0 Å². The highest BCUT2D eigenvalue weighted by Crippen LogP contribution is 2.40. The molecule has 3 nitrogen and oxygen atoms in total. The van der Waals surface area contributed by atoms with Crippen molar-refractivity contribution in [3.63, 3.8) is 0 Å². The zero-order chi connectivity index (χ0) is 38.4. The second-order valence-corrected chi connectivity index (χ2v) is 14.8. The maximum absolute atomic E-state index is 5.20. The van der Waals surface area contributed by atoms with Gasteiger partial charge in [-0.3, -0.25) is 0 Å². The van der Waals surface area contributed by atoms with Crippen LogP contribution in [-0.2, 0) is 0 Å². The summed E-state index contributed by atoms with van der Waals surface area (Å²) in [5.74, 6) is 1.89. The van der Waals surface area contributed by atoms with Crippen LogP contribution in [0, 0.1) is 0 Å². The first kappa shape index (κ1) is 33.6. The molecule has 58 heavy (non-hydrogen) atoms. The van der Waals surface area contributed by atoms with Gasteiger partial charge in [0.1, 0.15) is 0 Å². The smallest absolute Gasteiger partial charge is 0.164 e. The first-order valence-corrected chi connectivity index (χ1v) is 19.7. The van der Waals surface area contributed by atoms with Crippen LogP contribution in [0.3, 0.4) is 0 Å². The molecule has 3 heteroatoms. The molecule has 0 amide bonds. The van der Waals surface area contributed by atoms with Crippen molar-refractivity contribution in [3.05, 3.63) is 212 Å². The minimum atomic E-state index is 0.626. The average molecular weight is 738 g/mol. The summed E-state index contributed by atoms with van der Waals surface area (Å²) in [6.07, 6.45) is 0. The minimum Gasteiger partial charge on any atom is -0.208 e. The van der Waals surface area contributed by atoms with Gasteiger partial charge in [-0.1, -0.05) is 206 Å². The number of nitrogens with zero attached hydrogens (tertiary/aromatic N) is 3. The van der Waals surface area contributed by atoms with Crippen LogP contribution in [0.4, 0.5) is 0 Å². The Hall–Kier alpha value is -7.75. The van der Waals surface area contributed by atoms with Crippen molar-refractivity contribution in [2.24, 2.45) is 0 Å². The number of fused-ring (bicyclic) bond motifs is 5. The zero-order valence-electron chi connectivity index (χ0n) is 31.5. The Morgan fingerprint density at radius 1 is 0.224 bits per heavy atom. The molecule has 0 saturated heterocycles. The third-order valence-corrected chi connectivity index (χ3v) is 11.3. The molecule has 1 aromatic heterocycles. The molecule has 270 valence electrons. The van der Waals surface area contributed by atoms with Gasteiger partial charge in [-0.05, 0) is 82.5 Å². The first-order valence-electron chi connectivity index (χ1n) is 19.7. The number of rotatable bonds is 6. The van der Waals surface area contributed by atoms with E-state index in [0.717, 1.165) is 38.9 Å². The Kier molecular flexibility index (Phi) is 8.15. The fraction of sp³-hybridized carbons (Fsp3) is 0. The van der Waals surface area contributed by atoms with Gasteiger partial charge >= 0.3 is 0 Å². The van der Waals surface area contributed by atoms with Gasteiger partial charge in [0.05, 0.1) is 0 Å². The molecule has 0 unspecified atom stereocenters. The Labute approximate surface area is 336 Å². The lowest BCUT2D eigenvalue weighted by Gasteiger charge is -2.15. The molecular formula is C55H35N3. The summed E-state index contributed by atoms with van der Waals surface area (Å²) in [4.78, 5) is 15.5. The van der Waals surface area contributed by atoms with Gasteiger partial charge in [0, 0.05) is 16.7 Å². The van der Waals surface area contributed by atoms with E-state index in [9.17, 15) is 0 Å². The van der Waals surface area contributed by atoms with Crippen LogP contribution < -0.4 is 0 Å². The lowest BCUT2D eigenvalue weighted by atomic mass is 9.89. The van der Waals surface area contributed by atoms with E-state index in [1.165, 1.54) is 54.2 Å². The van der Waals surface area contributed by atoms with Gasteiger partial charge in [-0.25, -0.2) is 15.0 Å². The number of hydrogen-bond acceptors (Lipinski definition) is 3. The summed E-state index contributed by atoms with van der Waals surface area (Å²) in [6.45, 7) is 0. The molecule has 0 aliphatic carbocycles. The Morgan fingerprint density at radius 2 is 0.707 bits per heavy atom. The van der Waals surface area contributed by atoms with E-state index < -0.39 is 0 Å². The molecule has 0 fully saturated rings. The van der Waals surface area contributed by atoms with Gasteiger partial charge in [0.2, 0.25) is 0 Å². The van der Waals surface area contributed by atoms with Crippen molar-refractivity contribution in [2.45, 2.75) is 0 Å². The van der Waals surface area contributed by atoms with Gasteiger partial charge in [-0.15, -0.1) is 0 Å². The van der Waals surface area contributed by atoms with E-state index in [1.54, 1.807) is 0 Å². The predicted octanol–water partition coefficient (Wildman–Crippen LogP) is 14.5. The van der Waals surface area contributed by atoms with Crippen LogP contribution in [0.2, 0.25) is 0 Å². The van der Waals surface area contributed by atoms with E-state index in [0.29, 0.717) is 17.5 Å². The Balaban J connectivity index is 1.06. The topological polar surface area (TPSA) is 38.7 Å². The lowest BCUT2D eigenvalue weighted by Crippen LogP contribution is -2.01. The summed E-state index contributed by atoms with van der Waals surface area (Å²) >= 11 is 0. The molecule has 0 aliphatic heterocycles. The fourth-order valence-electron chi connectivity index (χ4n) is 8.50. The van der Waals surface area contributed by atoms with E-state index in [2.05, 4.69) is 206 Å². The van der Waals surface area contributed by atoms with E-state index in [1.807, 2.05) is 6.07 Å². The van der Waals surface area contributed by atoms with E-state index in [-0.39, 0.29) is 0 Å². The van der Waals surface area contributed by atoms with Gasteiger partial charge in [0.15, 0.2) is 17.5 Å². The second-order valence-electron chi connectivity index (χ2n) is 14.8.